The van der Waals surface area contributed by atoms with Gasteiger partial charge in [-0.25, -0.2) is 8.42 Å². The van der Waals surface area contributed by atoms with Gasteiger partial charge in [0.2, 0.25) is 5.91 Å². The molecule has 0 aromatic carbocycles. The molecule has 0 radical (unpaired) electrons. The number of nitrogens with two attached hydrogens (primary N) is 1. The quantitative estimate of drug-likeness (QED) is 0.691. The maximum Gasteiger partial charge on any atom is 0.221 e. The molecule has 0 aromatic rings. The summed E-state index contributed by atoms with van der Waals surface area (Å²) in [6.07, 6.45) is 2.31. The van der Waals surface area contributed by atoms with Gasteiger partial charge in [-0.2, -0.15) is 0 Å². The fraction of sp³-hybridized carbons (Fsp3) is 0.917. The van der Waals surface area contributed by atoms with Crippen LogP contribution in [0.3, 0.4) is 0 Å². The molecule has 0 aliphatic heterocycles. The van der Waals surface area contributed by atoms with Gasteiger partial charge in [-0.05, 0) is 24.7 Å². The fourth-order valence-electron chi connectivity index (χ4n) is 1.85. The highest BCUT2D eigenvalue weighted by Crippen LogP contribution is 2.31. The minimum Gasteiger partial charge on any atom is -0.355 e. The van der Waals surface area contributed by atoms with E-state index in [2.05, 4.69) is 5.32 Å². The van der Waals surface area contributed by atoms with E-state index in [1.807, 2.05) is 13.8 Å². The third-order valence-corrected chi connectivity index (χ3v) is 4.99. The van der Waals surface area contributed by atoms with Gasteiger partial charge >= 0.3 is 0 Å². The molecule has 1 amide bonds. The second-order valence-electron chi connectivity index (χ2n) is 5.56. The molecular formula is C12H25ClN2O3S. The monoisotopic (exact) mass is 312 g/mol. The lowest BCUT2D eigenvalue weighted by Crippen LogP contribution is -2.39. The highest BCUT2D eigenvalue weighted by atomic mass is 35.5. The predicted molar refractivity (Wildman–Crippen MR) is 79.1 cm³/mol. The Bertz CT molecular complexity index is 380. The van der Waals surface area contributed by atoms with E-state index in [4.69, 9.17) is 5.73 Å². The van der Waals surface area contributed by atoms with Crippen LogP contribution in [0.4, 0.5) is 0 Å². The molecule has 0 heterocycles. The molecule has 5 nitrogen and oxygen atoms in total. The van der Waals surface area contributed by atoms with Crippen molar-refractivity contribution in [2.75, 3.05) is 18.1 Å². The molecule has 0 aromatic heterocycles. The Labute approximate surface area is 122 Å². The predicted octanol–water partition coefficient (Wildman–Crippen LogP) is 0.723. The Balaban J connectivity index is 0.00000324. The number of amides is 1. The minimum absolute atomic E-state index is 0. The first-order valence-electron chi connectivity index (χ1n) is 6.53. The molecule has 1 aliphatic rings. The summed E-state index contributed by atoms with van der Waals surface area (Å²) >= 11 is 0. The van der Waals surface area contributed by atoms with Crippen molar-refractivity contribution in [2.45, 2.75) is 39.2 Å². The topological polar surface area (TPSA) is 89.3 Å². The largest absolute Gasteiger partial charge is 0.355 e. The van der Waals surface area contributed by atoms with Crippen LogP contribution in [-0.2, 0) is 14.6 Å². The molecule has 1 fully saturated rings. The molecule has 1 rings (SSSR count). The van der Waals surface area contributed by atoms with Crippen molar-refractivity contribution in [2.24, 2.45) is 17.6 Å². The van der Waals surface area contributed by atoms with Gasteiger partial charge < -0.3 is 11.1 Å². The third-order valence-electron chi connectivity index (χ3n) is 2.99. The summed E-state index contributed by atoms with van der Waals surface area (Å²) in [5.74, 6) is 0.479. The van der Waals surface area contributed by atoms with Crippen LogP contribution in [0.5, 0.6) is 0 Å². The molecule has 0 bridgehead atoms. The van der Waals surface area contributed by atoms with E-state index in [0.717, 1.165) is 12.8 Å². The second kappa shape index (κ2) is 8.07. The van der Waals surface area contributed by atoms with Crippen molar-refractivity contribution in [1.29, 1.82) is 0 Å². The Hall–Kier alpha value is -0.330. The highest BCUT2D eigenvalue weighted by Gasteiger charge is 2.28. The molecule has 0 saturated heterocycles. The Morgan fingerprint density at radius 3 is 2.42 bits per heavy atom. The number of hydrogen-bond donors (Lipinski definition) is 2. The van der Waals surface area contributed by atoms with Crippen molar-refractivity contribution in [1.82, 2.24) is 5.32 Å². The van der Waals surface area contributed by atoms with Crippen LogP contribution in [0.2, 0.25) is 0 Å². The van der Waals surface area contributed by atoms with Crippen LogP contribution in [-0.4, -0.2) is 38.4 Å². The number of nitrogens with one attached hydrogen (secondary N) is 1. The van der Waals surface area contributed by atoms with Gasteiger partial charge in [-0.3, -0.25) is 4.79 Å². The zero-order chi connectivity index (χ0) is 13.8. The van der Waals surface area contributed by atoms with E-state index < -0.39 is 9.84 Å². The van der Waals surface area contributed by atoms with Crippen LogP contribution >= 0.6 is 12.4 Å². The van der Waals surface area contributed by atoms with Crippen LogP contribution in [0.1, 0.15) is 33.1 Å². The van der Waals surface area contributed by atoms with Gasteiger partial charge in [0.1, 0.15) is 0 Å². The van der Waals surface area contributed by atoms with Crippen LogP contribution in [0, 0.1) is 11.8 Å². The number of sulfone groups is 1. The zero-order valence-electron chi connectivity index (χ0n) is 11.6. The van der Waals surface area contributed by atoms with Crippen molar-refractivity contribution in [3.8, 4) is 0 Å². The second-order valence-corrected chi connectivity index (χ2v) is 7.79. The first kappa shape index (κ1) is 18.7. The lowest BCUT2D eigenvalue weighted by Gasteiger charge is -2.12. The SMILES string of the molecule is CC(C)CS(=O)(=O)CCC(=O)NCC(N)C1CC1.Cl. The summed E-state index contributed by atoms with van der Waals surface area (Å²) in [4.78, 5) is 11.5. The summed E-state index contributed by atoms with van der Waals surface area (Å²) in [6.45, 7) is 4.16. The van der Waals surface area contributed by atoms with Crippen LogP contribution in [0.15, 0.2) is 0 Å². The maximum atomic E-state index is 11.6. The Morgan fingerprint density at radius 1 is 1.37 bits per heavy atom. The van der Waals surface area contributed by atoms with Gasteiger partial charge in [-0.15, -0.1) is 12.4 Å². The Morgan fingerprint density at radius 2 is 1.95 bits per heavy atom. The molecule has 1 saturated carbocycles. The molecule has 1 unspecified atom stereocenters. The smallest absolute Gasteiger partial charge is 0.221 e. The first-order chi connectivity index (χ1) is 8.30. The van der Waals surface area contributed by atoms with Crippen molar-refractivity contribution >= 4 is 28.2 Å². The van der Waals surface area contributed by atoms with E-state index in [-0.39, 0.29) is 48.2 Å². The summed E-state index contributed by atoms with van der Waals surface area (Å²) in [6, 6.07) is 0.0150. The van der Waals surface area contributed by atoms with Crippen LogP contribution < -0.4 is 11.1 Å². The van der Waals surface area contributed by atoms with Crippen molar-refractivity contribution < 1.29 is 13.2 Å². The number of halogens is 1. The molecular weight excluding hydrogens is 288 g/mol. The van der Waals surface area contributed by atoms with E-state index in [0.29, 0.717) is 12.5 Å². The van der Waals surface area contributed by atoms with E-state index >= 15 is 0 Å². The van der Waals surface area contributed by atoms with Crippen LogP contribution in [0.25, 0.3) is 0 Å². The first-order valence-corrected chi connectivity index (χ1v) is 8.35. The zero-order valence-corrected chi connectivity index (χ0v) is 13.2. The fourth-order valence-corrected chi connectivity index (χ4v) is 3.53. The lowest BCUT2D eigenvalue weighted by atomic mass is 10.2. The lowest BCUT2D eigenvalue weighted by molar-refractivity contribution is -0.120. The molecule has 19 heavy (non-hydrogen) atoms. The molecule has 7 heteroatoms. The minimum atomic E-state index is -3.11. The van der Waals surface area contributed by atoms with E-state index in [1.165, 1.54) is 0 Å². The highest BCUT2D eigenvalue weighted by molar-refractivity contribution is 7.91. The summed E-state index contributed by atoms with van der Waals surface area (Å²) < 4.78 is 23.2. The molecule has 3 N–H and O–H groups in total. The molecule has 0 spiro atoms. The molecule has 114 valence electrons. The van der Waals surface area contributed by atoms with Crippen molar-refractivity contribution in [3.63, 3.8) is 0 Å². The Kier molecular flexibility index (Phi) is 7.93. The standard InChI is InChI=1S/C12H24N2O3S.ClH/c1-9(2)8-18(16,17)6-5-12(15)14-7-11(13)10-3-4-10;/h9-11H,3-8,13H2,1-2H3,(H,14,15);1H. The number of carbonyl (C=O) groups is 1. The van der Waals surface area contributed by atoms with E-state index in [9.17, 15) is 13.2 Å². The third kappa shape index (κ3) is 8.44. The van der Waals surface area contributed by atoms with Gasteiger partial charge in [0, 0.05) is 19.0 Å². The molecule has 1 atom stereocenters. The van der Waals surface area contributed by atoms with Crippen molar-refractivity contribution in [3.05, 3.63) is 0 Å². The normalized spacial score (nSPS) is 16.8. The van der Waals surface area contributed by atoms with Gasteiger partial charge in [0.25, 0.3) is 0 Å². The number of carbonyl (C=O) groups excluding carboxylic acids is 1. The summed E-state index contributed by atoms with van der Waals surface area (Å²) in [7, 11) is -3.11. The van der Waals surface area contributed by atoms with Gasteiger partial charge in [0.15, 0.2) is 9.84 Å². The number of hydrogen-bond acceptors (Lipinski definition) is 4. The average molecular weight is 313 g/mol. The van der Waals surface area contributed by atoms with Gasteiger partial charge in [0.05, 0.1) is 11.5 Å². The molecule has 1 aliphatic carbocycles. The van der Waals surface area contributed by atoms with E-state index in [1.54, 1.807) is 0 Å². The summed E-state index contributed by atoms with van der Waals surface area (Å²) in [5, 5.41) is 2.70. The average Bonchev–Trinajstić information content (AvgIpc) is 3.05. The summed E-state index contributed by atoms with van der Waals surface area (Å²) in [5.41, 5.74) is 5.84. The maximum absolute atomic E-state index is 11.6. The van der Waals surface area contributed by atoms with Gasteiger partial charge in [-0.1, -0.05) is 13.8 Å². The number of rotatable bonds is 8.